The number of rotatable bonds is 5. The Morgan fingerprint density at radius 2 is 1.55 bits per heavy atom. The van der Waals surface area contributed by atoms with Gasteiger partial charge in [0, 0.05) is 37.6 Å². The first-order chi connectivity index (χ1) is 15.1. The molecular weight excluding hydrogens is 518 g/mol. The zero-order valence-electron chi connectivity index (χ0n) is 17.8. The summed E-state index contributed by atoms with van der Waals surface area (Å²) in [6.45, 7) is 8.10. The molecule has 180 valence electrons. The van der Waals surface area contributed by atoms with Crippen molar-refractivity contribution in [2.75, 3.05) is 4.72 Å². The number of aromatic nitrogens is 3. The lowest BCUT2D eigenvalue weighted by Crippen LogP contribution is -2.42. The first kappa shape index (κ1) is 27.0. The maximum atomic E-state index is 12.6. The van der Waals surface area contributed by atoms with Gasteiger partial charge in [0.1, 0.15) is 0 Å². The Labute approximate surface area is 197 Å². The van der Waals surface area contributed by atoms with Gasteiger partial charge in [-0.25, -0.2) is 22.0 Å². The highest BCUT2D eigenvalue weighted by Crippen LogP contribution is 2.22. The molecule has 0 spiro atoms. The fourth-order valence-corrected chi connectivity index (χ4v) is 5.48. The van der Waals surface area contributed by atoms with E-state index in [2.05, 4.69) is 32.5 Å². The van der Waals surface area contributed by atoms with E-state index in [9.17, 15) is 16.8 Å². The molecule has 0 saturated heterocycles. The molecule has 16 heteroatoms. The highest BCUT2D eigenvalue weighted by Gasteiger charge is 2.22. The number of pyridine rings is 1. The predicted molar refractivity (Wildman–Crippen MR) is 109 cm³/mol. The molecule has 0 fully saturated rings. The monoisotopic (exact) mass is 537 g/mol. The molecule has 0 unspecified atom stereocenters. The van der Waals surface area contributed by atoms with Crippen LogP contribution in [-0.4, -0.2) is 27.0 Å². The van der Waals surface area contributed by atoms with Crippen molar-refractivity contribution < 1.29 is 46.2 Å². The van der Waals surface area contributed by atoms with E-state index in [1.165, 1.54) is 17.7 Å². The van der Waals surface area contributed by atoms with Crippen molar-refractivity contribution in [3.63, 3.8) is 0 Å². The molecule has 0 aliphatic carbocycles. The van der Waals surface area contributed by atoms with E-state index in [-0.39, 0.29) is 10.0 Å². The summed E-state index contributed by atoms with van der Waals surface area (Å²) in [5.41, 5.74) is 5.28. The number of anilines is 1. The summed E-state index contributed by atoms with van der Waals surface area (Å²) in [5, 5.41) is 11.7. The van der Waals surface area contributed by atoms with Crippen molar-refractivity contribution >= 4 is 36.5 Å². The van der Waals surface area contributed by atoms with Crippen molar-refractivity contribution in [1.82, 2.24) is 10.2 Å². The second kappa shape index (κ2) is 10.4. The molecule has 0 radical (unpaired) electrons. The van der Waals surface area contributed by atoms with Crippen LogP contribution in [0.1, 0.15) is 22.5 Å². The van der Waals surface area contributed by atoms with E-state index in [1.54, 1.807) is 12.1 Å². The van der Waals surface area contributed by atoms with Crippen molar-refractivity contribution in [3.8, 4) is 5.69 Å². The summed E-state index contributed by atoms with van der Waals surface area (Å²) in [6.07, 6.45) is 0. The first-order valence-electron chi connectivity index (χ1n) is 8.85. The Hall–Kier alpha value is -2.24. The molecule has 0 atom stereocenters. The highest BCUT2D eigenvalue weighted by molar-refractivity contribution is 7.93. The minimum Gasteiger partial charge on any atom is -0.357 e. The third kappa shape index (κ3) is 6.87. The molecule has 2 heterocycles. The van der Waals surface area contributed by atoms with Gasteiger partial charge < -0.3 is 14.0 Å². The number of hydrogen-bond acceptors (Lipinski definition) is 10. The van der Waals surface area contributed by atoms with E-state index < -0.39 is 35.2 Å². The van der Waals surface area contributed by atoms with Crippen LogP contribution >= 0.6 is 11.3 Å². The molecule has 3 aromatic rings. The fraction of sp³-hybridized carbons (Fsp3) is 0.235. The molecule has 12 nitrogen and oxygen atoms in total. The zero-order chi connectivity index (χ0) is 25.1. The van der Waals surface area contributed by atoms with Gasteiger partial charge in [0.15, 0.2) is 11.4 Å². The molecule has 0 bridgehead atoms. The van der Waals surface area contributed by atoms with E-state index in [4.69, 9.17) is 19.1 Å². The van der Waals surface area contributed by atoms with Gasteiger partial charge in [0.25, 0.3) is 20.0 Å². The van der Waals surface area contributed by atoms with Crippen LogP contribution in [0.5, 0.6) is 0 Å². The van der Waals surface area contributed by atoms with Gasteiger partial charge in [-0.2, -0.15) is 4.57 Å². The van der Waals surface area contributed by atoms with Gasteiger partial charge >= 0.3 is 0 Å². The van der Waals surface area contributed by atoms with Crippen molar-refractivity contribution in [2.45, 2.75) is 36.9 Å². The lowest BCUT2D eigenvalue weighted by Gasteiger charge is -2.09. The zero-order valence-corrected chi connectivity index (χ0v) is 21.0. The predicted octanol–water partition coefficient (Wildman–Crippen LogP) is -2.07. The number of nitrogens with two attached hydrogens (primary N) is 1. The van der Waals surface area contributed by atoms with E-state index >= 15 is 0 Å². The molecule has 33 heavy (non-hydrogen) atoms. The Bertz CT molecular complexity index is 1360. The van der Waals surface area contributed by atoms with Gasteiger partial charge in [-0.15, -0.1) is 10.2 Å². The molecule has 2 aromatic heterocycles. The largest absolute Gasteiger partial charge is 0.357 e. The van der Waals surface area contributed by atoms with Gasteiger partial charge in [-0.05, 0) is 31.5 Å². The van der Waals surface area contributed by atoms with Crippen LogP contribution in [0.4, 0.5) is 5.13 Å². The van der Waals surface area contributed by atoms with E-state index in [1.807, 2.05) is 20.8 Å². The van der Waals surface area contributed by atoms with Gasteiger partial charge in [0.05, 0.1) is 15.7 Å². The topological polar surface area (TPSA) is 205 Å². The summed E-state index contributed by atoms with van der Waals surface area (Å²) < 4.78 is 76.7. The van der Waals surface area contributed by atoms with Crippen molar-refractivity contribution in [2.24, 2.45) is 5.14 Å². The number of aryl methyl sites for hydroxylation is 2. The van der Waals surface area contributed by atoms with Crippen molar-refractivity contribution in [3.05, 3.63) is 52.8 Å². The number of sulfonamides is 2. The second-order valence-corrected chi connectivity index (χ2v) is 11.5. The second-order valence-electron chi connectivity index (χ2n) is 6.72. The lowest BCUT2D eigenvalue weighted by atomic mass is 10.1. The molecular formula is C17H20ClN5O7S3. The average molecular weight is 538 g/mol. The highest BCUT2D eigenvalue weighted by atomic mass is 35.6. The Balaban J connectivity index is 0.000000890. The van der Waals surface area contributed by atoms with Crippen LogP contribution in [0, 0.1) is 38.5 Å². The molecule has 0 saturated carbocycles. The molecule has 0 aliphatic heterocycles. The van der Waals surface area contributed by atoms with Crippen LogP contribution in [0.15, 0.2) is 39.6 Å². The smallest absolute Gasteiger partial charge is 0.267 e. The first-order valence-corrected chi connectivity index (χ1v) is 13.6. The summed E-state index contributed by atoms with van der Waals surface area (Å²) in [4.78, 5) is 0.00773. The number of primary sulfonamides is 1. The van der Waals surface area contributed by atoms with Gasteiger partial charge in [-0.3, -0.25) is 4.72 Å². The van der Waals surface area contributed by atoms with E-state index in [0.29, 0.717) is 11.3 Å². The maximum Gasteiger partial charge on any atom is 0.267 e. The molecule has 1 aromatic carbocycles. The molecule has 3 rings (SSSR count). The normalized spacial score (nSPS) is 11.8. The SMILES string of the molecule is Cc1cc(C)[n+](-c2ccc(S(=O)(=O)Nc3nnc(S(N)(=O)=O)s3)cc2)c(C)c1C.[O-][Cl+2]([O-])[O-]. The van der Waals surface area contributed by atoms with Crippen LogP contribution < -0.4 is 28.4 Å². The molecule has 0 aliphatic rings. The fourth-order valence-electron chi connectivity index (χ4n) is 2.92. The standard InChI is InChI=1S/C17H20N5O4S3.ClO3/c1-10-9-11(2)22(13(4)12(10)3)14-5-7-15(8-6-14)29(25,26)21-16-19-20-17(27-16)28(18,23)24;2-1(3)4/h5-9H,1-4H3,(H,19,21)(H2,18,23,24);/q+1;-1. The summed E-state index contributed by atoms with van der Waals surface area (Å²) in [7, 11) is -10.9. The third-order valence-corrected chi connectivity index (χ3v) is 8.16. The Kier molecular flexibility index (Phi) is 8.47. The lowest BCUT2D eigenvalue weighted by molar-refractivity contribution is -1.73. The van der Waals surface area contributed by atoms with Gasteiger partial charge in [0.2, 0.25) is 15.2 Å². The molecule has 0 amide bonds. The number of hydrogen-bond donors (Lipinski definition) is 2. The number of nitrogens with one attached hydrogen (secondary N) is 1. The van der Waals surface area contributed by atoms with Crippen LogP contribution in [0.2, 0.25) is 0 Å². The number of benzene rings is 1. The van der Waals surface area contributed by atoms with Crippen LogP contribution in [-0.2, 0) is 20.0 Å². The minimum absolute atomic E-state index is 0.00773. The minimum atomic E-state index is -4.05. The Morgan fingerprint density at radius 3 is 2.03 bits per heavy atom. The number of halogens is 1. The van der Waals surface area contributed by atoms with Gasteiger partial charge in [-0.1, -0.05) is 11.3 Å². The van der Waals surface area contributed by atoms with Crippen molar-refractivity contribution in [1.29, 1.82) is 0 Å². The third-order valence-electron chi connectivity index (χ3n) is 4.52. The van der Waals surface area contributed by atoms with E-state index in [0.717, 1.165) is 22.6 Å². The average Bonchev–Trinajstić information content (AvgIpc) is 3.14. The van der Waals surface area contributed by atoms with Crippen LogP contribution in [0.25, 0.3) is 5.69 Å². The Morgan fingerprint density at radius 1 is 1.00 bits per heavy atom. The maximum absolute atomic E-state index is 12.6. The number of nitrogens with zero attached hydrogens (tertiary/aromatic N) is 3. The van der Waals surface area contributed by atoms with Crippen LogP contribution in [0.3, 0.4) is 0 Å². The summed E-state index contributed by atoms with van der Waals surface area (Å²) in [5.74, 6) is 0. The summed E-state index contributed by atoms with van der Waals surface area (Å²) in [6, 6.07) is 8.44. The molecule has 3 N–H and O–H groups in total. The quantitative estimate of drug-likeness (QED) is 0.342. The summed E-state index contributed by atoms with van der Waals surface area (Å²) >= 11 is 0.539.